The van der Waals surface area contributed by atoms with Gasteiger partial charge in [-0.2, -0.15) is 0 Å². The van der Waals surface area contributed by atoms with Crippen LogP contribution in [-0.4, -0.2) is 0 Å². The minimum atomic E-state index is 0.0803. The van der Waals surface area contributed by atoms with Gasteiger partial charge in [-0.25, -0.2) is 0 Å². The van der Waals surface area contributed by atoms with E-state index in [1.165, 1.54) is 75.6 Å². The third kappa shape index (κ3) is 5.57. The zero-order valence-corrected chi connectivity index (χ0v) is 30.5. The van der Waals surface area contributed by atoms with E-state index in [4.69, 9.17) is 0 Å². The second-order valence-corrected chi connectivity index (χ2v) is 15.6. The molecule has 2 heteroatoms. The van der Waals surface area contributed by atoms with Gasteiger partial charge in [-0.05, 0) is 68.3 Å². The van der Waals surface area contributed by atoms with Crippen LogP contribution < -0.4 is 4.90 Å². The second kappa shape index (κ2) is 13.0. The Morgan fingerprint density at radius 1 is 0.404 bits per heavy atom. The van der Waals surface area contributed by atoms with Crippen LogP contribution in [0.15, 0.2) is 182 Å². The number of benzene rings is 8. The summed E-state index contributed by atoms with van der Waals surface area (Å²) in [6.07, 6.45) is 0. The van der Waals surface area contributed by atoms with E-state index in [-0.39, 0.29) is 5.41 Å². The molecule has 52 heavy (non-hydrogen) atoms. The van der Waals surface area contributed by atoms with Gasteiger partial charge in [-0.1, -0.05) is 178 Å². The highest BCUT2D eigenvalue weighted by Crippen LogP contribution is 2.50. The van der Waals surface area contributed by atoms with E-state index < -0.39 is 0 Å². The first-order chi connectivity index (χ1) is 25.5. The van der Waals surface area contributed by atoms with Gasteiger partial charge in [-0.15, -0.1) is 11.3 Å². The molecule has 0 fully saturated rings. The van der Waals surface area contributed by atoms with Crippen molar-refractivity contribution in [2.75, 3.05) is 4.90 Å². The lowest BCUT2D eigenvalue weighted by Crippen LogP contribution is -2.13. The zero-order chi connectivity index (χ0) is 35.2. The molecule has 0 bridgehead atoms. The van der Waals surface area contributed by atoms with Gasteiger partial charge in [-0.3, -0.25) is 0 Å². The number of hydrogen-bond donors (Lipinski definition) is 0. The molecule has 1 aromatic heterocycles. The van der Waals surface area contributed by atoms with Gasteiger partial charge in [0.1, 0.15) is 0 Å². The van der Waals surface area contributed by atoms with Crippen LogP contribution in [0.3, 0.4) is 0 Å². The van der Waals surface area contributed by atoms with Crippen LogP contribution in [0.5, 0.6) is 0 Å². The Morgan fingerprint density at radius 3 is 1.69 bits per heavy atom. The lowest BCUT2D eigenvalue weighted by atomic mass is 9.86. The molecule has 0 amide bonds. The fourth-order valence-electron chi connectivity index (χ4n) is 7.68. The van der Waals surface area contributed by atoms with Gasteiger partial charge in [0.2, 0.25) is 0 Å². The minimum absolute atomic E-state index is 0.0803. The molecule has 0 saturated heterocycles. The summed E-state index contributed by atoms with van der Waals surface area (Å²) in [5, 5.41) is 5.06. The summed E-state index contributed by atoms with van der Waals surface area (Å²) in [7, 11) is 0. The summed E-state index contributed by atoms with van der Waals surface area (Å²) < 4.78 is 2.57. The highest BCUT2D eigenvalue weighted by molar-refractivity contribution is 7.26. The van der Waals surface area contributed by atoms with Crippen molar-refractivity contribution < 1.29 is 0 Å². The number of thiophene rings is 1. The van der Waals surface area contributed by atoms with Gasteiger partial charge in [0.15, 0.2) is 0 Å². The molecule has 0 aliphatic carbocycles. The Bertz CT molecular complexity index is 2710. The summed E-state index contributed by atoms with van der Waals surface area (Å²) in [4.78, 5) is 2.52. The molecule has 0 N–H and O–H groups in total. The van der Waals surface area contributed by atoms with Crippen molar-refractivity contribution in [3.63, 3.8) is 0 Å². The average molecular weight is 686 g/mol. The largest absolute Gasteiger partial charge is 0.308 e. The third-order valence-electron chi connectivity index (χ3n) is 10.3. The van der Waals surface area contributed by atoms with Crippen LogP contribution in [0.4, 0.5) is 17.1 Å². The van der Waals surface area contributed by atoms with E-state index in [0.29, 0.717) is 0 Å². The summed E-state index contributed by atoms with van der Waals surface area (Å²) in [6.45, 7) is 6.82. The molecule has 0 unspecified atom stereocenters. The Hall–Kier alpha value is -5.96. The van der Waals surface area contributed by atoms with E-state index in [1.807, 2.05) is 11.3 Å². The molecular weight excluding hydrogens is 647 g/mol. The normalized spacial score (nSPS) is 11.8. The number of hydrogen-bond acceptors (Lipinski definition) is 2. The van der Waals surface area contributed by atoms with Crippen molar-refractivity contribution in [3.8, 4) is 33.4 Å². The zero-order valence-electron chi connectivity index (χ0n) is 29.7. The Labute approximate surface area is 310 Å². The highest BCUT2D eigenvalue weighted by Gasteiger charge is 2.24. The molecule has 0 aliphatic rings. The van der Waals surface area contributed by atoms with E-state index in [1.54, 1.807) is 0 Å². The van der Waals surface area contributed by atoms with E-state index in [0.717, 1.165) is 11.4 Å². The molecule has 250 valence electrons. The number of anilines is 3. The van der Waals surface area contributed by atoms with Crippen molar-refractivity contribution in [2.45, 2.75) is 26.2 Å². The minimum Gasteiger partial charge on any atom is -0.308 e. The number of nitrogens with zero attached hydrogens (tertiary/aromatic N) is 1. The van der Waals surface area contributed by atoms with Gasteiger partial charge in [0.25, 0.3) is 0 Å². The standard InChI is InChI=1S/C50H39NS/c1-50(2,3)37-32-30-35(31-33-37)38-20-7-10-26-44(38)51(46-28-15-25-43-41-22-9-12-29-47(41)52-49(43)46)45-27-11-8-21-40(45)42-24-14-19-36-18-13-23-39(48(36)42)34-16-5-4-6-17-34/h4-33H,1-3H3. The first kappa shape index (κ1) is 32.0. The smallest absolute Gasteiger partial charge is 0.0640 e. The molecule has 0 atom stereocenters. The van der Waals surface area contributed by atoms with Crippen molar-refractivity contribution in [1.82, 2.24) is 0 Å². The molecule has 9 rings (SSSR count). The van der Waals surface area contributed by atoms with Crippen molar-refractivity contribution in [1.29, 1.82) is 0 Å². The quantitative estimate of drug-likeness (QED) is 0.168. The van der Waals surface area contributed by atoms with Crippen LogP contribution in [0, 0.1) is 0 Å². The molecular formula is C50H39NS. The predicted octanol–water partition coefficient (Wildman–Crippen LogP) is 15.0. The Balaban J connectivity index is 1.34. The highest BCUT2D eigenvalue weighted by atomic mass is 32.1. The van der Waals surface area contributed by atoms with Crippen LogP contribution in [0.1, 0.15) is 26.3 Å². The predicted molar refractivity (Wildman–Crippen MR) is 227 cm³/mol. The number of fused-ring (bicyclic) bond motifs is 4. The summed E-state index contributed by atoms with van der Waals surface area (Å²) in [5.41, 5.74) is 12.1. The fraction of sp³-hybridized carbons (Fsp3) is 0.0800. The topological polar surface area (TPSA) is 3.24 Å². The second-order valence-electron chi connectivity index (χ2n) is 14.5. The van der Waals surface area contributed by atoms with E-state index in [9.17, 15) is 0 Å². The molecule has 0 aliphatic heterocycles. The Morgan fingerprint density at radius 2 is 0.942 bits per heavy atom. The fourth-order valence-corrected chi connectivity index (χ4v) is 8.89. The van der Waals surface area contributed by atoms with Crippen molar-refractivity contribution >= 4 is 59.3 Å². The SMILES string of the molecule is CC(C)(C)c1ccc(-c2ccccc2N(c2ccccc2-c2cccc3cccc(-c4ccccc4)c23)c2cccc3c2sc2ccccc23)cc1. The van der Waals surface area contributed by atoms with E-state index >= 15 is 0 Å². The molecule has 1 heterocycles. The maximum atomic E-state index is 2.52. The van der Waals surface area contributed by atoms with Crippen molar-refractivity contribution in [3.05, 3.63) is 188 Å². The van der Waals surface area contributed by atoms with Gasteiger partial charge in [0.05, 0.1) is 21.8 Å². The molecule has 9 aromatic rings. The number of para-hydroxylation sites is 2. The lowest BCUT2D eigenvalue weighted by Gasteiger charge is -2.30. The molecule has 0 spiro atoms. The lowest BCUT2D eigenvalue weighted by molar-refractivity contribution is 0.590. The first-order valence-corrected chi connectivity index (χ1v) is 18.8. The summed E-state index contributed by atoms with van der Waals surface area (Å²) in [5.74, 6) is 0. The van der Waals surface area contributed by atoms with Crippen LogP contribution in [0.25, 0.3) is 64.3 Å². The average Bonchev–Trinajstić information content (AvgIpc) is 3.58. The first-order valence-electron chi connectivity index (χ1n) is 18.0. The van der Waals surface area contributed by atoms with Crippen LogP contribution in [0.2, 0.25) is 0 Å². The molecule has 8 aromatic carbocycles. The molecule has 1 nitrogen and oxygen atoms in total. The summed E-state index contributed by atoms with van der Waals surface area (Å²) in [6, 6.07) is 66.8. The van der Waals surface area contributed by atoms with E-state index in [2.05, 4.69) is 208 Å². The van der Waals surface area contributed by atoms with Gasteiger partial charge >= 0.3 is 0 Å². The summed E-state index contributed by atoms with van der Waals surface area (Å²) >= 11 is 1.87. The van der Waals surface area contributed by atoms with Gasteiger partial charge < -0.3 is 4.90 Å². The Kier molecular flexibility index (Phi) is 7.98. The third-order valence-corrected chi connectivity index (χ3v) is 11.5. The van der Waals surface area contributed by atoms with Crippen LogP contribution in [-0.2, 0) is 5.41 Å². The van der Waals surface area contributed by atoms with Crippen LogP contribution >= 0.6 is 11.3 Å². The monoisotopic (exact) mass is 685 g/mol. The van der Waals surface area contributed by atoms with Gasteiger partial charge in [0, 0.05) is 26.6 Å². The molecule has 0 radical (unpaired) electrons. The van der Waals surface area contributed by atoms with Crippen molar-refractivity contribution in [2.24, 2.45) is 0 Å². The maximum absolute atomic E-state index is 2.52. The molecule has 0 saturated carbocycles. The number of rotatable bonds is 6. The maximum Gasteiger partial charge on any atom is 0.0640 e.